The molecule has 0 amide bonds. The van der Waals surface area contributed by atoms with Crippen LogP contribution in [0.5, 0.6) is 0 Å². The number of fused-ring (bicyclic) bond motifs is 1. The molecule has 0 aromatic heterocycles. The Bertz CT molecular complexity index is 758. The predicted octanol–water partition coefficient (Wildman–Crippen LogP) is 5.83. The second-order valence-electron chi connectivity index (χ2n) is 6.50. The van der Waals surface area contributed by atoms with Gasteiger partial charge in [0.15, 0.2) is 0 Å². The fourth-order valence-electron chi connectivity index (χ4n) is 3.45. The Balaban J connectivity index is 1.68. The summed E-state index contributed by atoms with van der Waals surface area (Å²) in [5.41, 5.74) is 5.00. The molecule has 1 aliphatic heterocycles. The van der Waals surface area contributed by atoms with Gasteiger partial charge in [0.2, 0.25) is 6.67 Å². The van der Waals surface area contributed by atoms with Crippen molar-refractivity contribution in [2.45, 2.75) is 25.9 Å². The first kappa shape index (κ1) is 15.8. The minimum absolute atomic E-state index is 0.232. The highest BCUT2D eigenvalue weighted by Crippen LogP contribution is 2.45. The molecule has 3 aromatic carbocycles. The number of hydrogen-bond donors (Lipinski definition) is 0. The topological polar surface area (TPSA) is 6.48 Å². The summed E-state index contributed by atoms with van der Waals surface area (Å²) in [6.45, 7) is 8.08. The second-order valence-corrected chi connectivity index (χ2v) is 6.50. The number of hydrogen-bond acceptors (Lipinski definition) is 2. The number of para-hydroxylation sites is 2. The van der Waals surface area contributed by atoms with Crippen LogP contribution in [0.25, 0.3) is 0 Å². The molecule has 0 spiro atoms. The van der Waals surface area contributed by atoms with Crippen molar-refractivity contribution in [2.75, 3.05) is 9.80 Å². The highest BCUT2D eigenvalue weighted by Gasteiger charge is 2.33. The molecule has 2 nitrogen and oxygen atoms in total. The van der Waals surface area contributed by atoms with Crippen LogP contribution in [0, 0.1) is 6.67 Å². The monoisotopic (exact) mass is 326 g/mol. The lowest BCUT2D eigenvalue weighted by Gasteiger charge is -2.29. The Hall–Kier alpha value is -2.74. The van der Waals surface area contributed by atoms with Crippen LogP contribution in [0.4, 0.5) is 11.4 Å². The van der Waals surface area contributed by atoms with E-state index in [9.17, 15) is 0 Å². The largest absolute Gasteiger partial charge is 0.333 e. The van der Waals surface area contributed by atoms with Gasteiger partial charge in [0, 0.05) is 0 Å². The highest BCUT2D eigenvalue weighted by molar-refractivity contribution is 5.79. The molecular formula is C23H22N2. The fraction of sp³-hybridized carbons (Fsp3) is 0.174. The van der Waals surface area contributed by atoms with Gasteiger partial charge in [-0.1, -0.05) is 72.8 Å². The van der Waals surface area contributed by atoms with E-state index in [1.807, 2.05) is 0 Å². The van der Waals surface area contributed by atoms with Gasteiger partial charge in [-0.25, -0.2) is 0 Å². The van der Waals surface area contributed by atoms with Gasteiger partial charge in [-0.3, -0.25) is 0 Å². The van der Waals surface area contributed by atoms with Crippen LogP contribution < -0.4 is 9.80 Å². The SMILES string of the molecule is C[C@H](c1ccccc1)N1[C]N([C@H](C)c2ccccc2)c2ccccc21. The lowest BCUT2D eigenvalue weighted by Crippen LogP contribution is -2.29. The average Bonchev–Trinajstić information content (AvgIpc) is 3.08. The van der Waals surface area contributed by atoms with E-state index in [0.29, 0.717) is 0 Å². The quantitative estimate of drug-likeness (QED) is 0.595. The molecule has 0 aliphatic carbocycles. The third kappa shape index (κ3) is 2.89. The van der Waals surface area contributed by atoms with Crippen LogP contribution in [0.1, 0.15) is 37.1 Å². The fourth-order valence-corrected chi connectivity index (χ4v) is 3.45. The average molecular weight is 326 g/mol. The molecule has 2 atom stereocenters. The van der Waals surface area contributed by atoms with E-state index in [-0.39, 0.29) is 12.1 Å². The number of nitrogens with zero attached hydrogens (tertiary/aromatic N) is 2. The van der Waals surface area contributed by atoms with Crippen LogP contribution in [-0.4, -0.2) is 0 Å². The lowest BCUT2D eigenvalue weighted by molar-refractivity contribution is 0.684. The normalized spacial score (nSPS) is 15.8. The summed E-state index contributed by atoms with van der Waals surface area (Å²) < 4.78 is 0. The zero-order valence-electron chi connectivity index (χ0n) is 14.6. The summed E-state index contributed by atoms with van der Waals surface area (Å²) in [5, 5.41) is 0. The summed E-state index contributed by atoms with van der Waals surface area (Å²) in [6.07, 6.45) is 0. The maximum absolute atomic E-state index is 3.62. The third-order valence-electron chi connectivity index (χ3n) is 4.95. The Kier molecular flexibility index (Phi) is 4.19. The summed E-state index contributed by atoms with van der Waals surface area (Å²) in [7, 11) is 0. The maximum atomic E-state index is 3.62. The molecule has 124 valence electrons. The zero-order valence-corrected chi connectivity index (χ0v) is 14.6. The molecule has 4 rings (SSSR count). The Labute approximate surface area is 150 Å². The Morgan fingerprint density at radius 1 is 0.560 bits per heavy atom. The van der Waals surface area contributed by atoms with Gasteiger partial charge >= 0.3 is 0 Å². The first-order valence-electron chi connectivity index (χ1n) is 8.79. The number of anilines is 2. The van der Waals surface area contributed by atoms with Gasteiger partial charge in [0.1, 0.15) is 0 Å². The van der Waals surface area contributed by atoms with Crippen molar-refractivity contribution >= 4 is 11.4 Å². The molecule has 1 aliphatic rings. The van der Waals surface area contributed by atoms with Gasteiger partial charge < -0.3 is 9.80 Å². The molecule has 2 radical (unpaired) electrons. The molecule has 1 heterocycles. The Morgan fingerprint density at radius 3 is 1.32 bits per heavy atom. The predicted molar refractivity (Wildman–Crippen MR) is 104 cm³/mol. The molecule has 0 saturated carbocycles. The van der Waals surface area contributed by atoms with Crippen LogP contribution in [0.15, 0.2) is 84.9 Å². The van der Waals surface area contributed by atoms with Crippen molar-refractivity contribution in [1.29, 1.82) is 0 Å². The van der Waals surface area contributed by atoms with Crippen molar-refractivity contribution in [1.82, 2.24) is 0 Å². The van der Waals surface area contributed by atoms with E-state index in [1.165, 1.54) is 22.5 Å². The summed E-state index contributed by atoms with van der Waals surface area (Å²) in [6, 6.07) is 30.2. The number of rotatable bonds is 4. The van der Waals surface area contributed by atoms with Crippen LogP contribution in [0.3, 0.4) is 0 Å². The molecule has 0 saturated heterocycles. The van der Waals surface area contributed by atoms with Gasteiger partial charge in [-0.05, 0) is 37.1 Å². The molecule has 0 unspecified atom stereocenters. The smallest absolute Gasteiger partial charge is 0.209 e. The van der Waals surface area contributed by atoms with Gasteiger partial charge in [-0.15, -0.1) is 0 Å². The Morgan fingerprint density at radius 2 is 0.920 bits per heavy atom. The van der Waals surface area contributed by atoms with Gasteiger partial charge in [0.25, 0.3) is 0 Å². The maximum Gasteiger partial charge on any atom is 0.209 e. The van der Waals surface area contributed by atoms with E-state index >= 15 is 0 Å². The van der Waals surface area contributed by atoms with Crippen molar-refractivity contribution in [3.05, 3.63) is 103 Å². The first-order valence-corrected chi connectivity index (χ1v) is 8.79. The summed E-state index contributed by atoms with van der Waals surface area (Å²) in [5.74, 6) is 0. The van der Waals surface area contributed by atoms with Crippen LogP contribution in [0.2, 0.25) is 0 Å². The minimum Gasteiger partial charge on any atom is -0.333 e. The molecule has 0 bridgehead atoms. The molecule has 3 aromatic rings. The van der Waals surface area contributed by atoms with Gasteiger partial charge in [0.05, 0.1) is 23.5 Å². The van der Waals surface area contributed by atoms with Crippen molar-refractivity contribution in [2.24, 2.45) is 0 Å². The number of benzene rings is 3. The molecular weight excluding hydrogens is 304 g/mol. The van der Waals surface area contributed by atoms with Crippen molar-refractivity contribution in [3.8, 4) is 0 Å². The van der Waals surface area contributed by atoms with E-state index in [2.05, 4.69) is 115 Å². The van der Waals surface area contributed by atoms with E-state index in [0.717, 1.165) is 0 Å². The van der Waals surface area contributed by atoms with Crippen molar-refractivity contribution in [3.63, 3.8) is 0 Å². The van der Waals surface area contributed by atoms with Crippen LogP contribution >= 0.6 is 0 Å². The summed E-state index contributed by atoms with van der Waals surface area (Å²) in [4.78, 5) is 4.51. The highest BCUT2D eigenvalue weighted by atomic mass is 15.4. The molecule has 0 N–H and O–H groups in total. The summed E-state index contributed by atoms with van der Waals surface area (Å²) >= 11 is 0. The first-order chi connectivity index (χ1) is 12.3. The molecule has 2 heteroatoms. The second kappa shape index (κ2) is 6.64. The van der Waals surface area contributed by atoms with Crippen molar-refractivity contribution < 1.29 is 0 Å². The van der Waals surface area contributed by atoms with Gasteiger partial charge in [-0.2, -0.15) is 0 Å². The van der Waals surface area contributed by atoms with E-state index in [1.54, 1.807) is 0 Å². The molecule has 0 fully saturated rings. The third-order valence-corrected chi connectivity index (χ3v) is 4.95. The minimum atomic E-state index is 0.232. The van der Waals surface area contributed by atoms with E-state index < -0.39 is 0 Å². The molecule has 25 heavy (non-hydrogen) atoms. The van der Waals surface area contributed by atoms with Crippen LogP contribution in [-0.2, 0) is 0 Å². The standard InChI is InChI=1S/C23H22N2/c1-18(20-11-5-3-6-12-20)24-17-25(23-16-10-9-15-22(23)24)19(2)21-13-7-4-8-14-21/h3-16,18-19H,1-2H3/t18-,19-/m1/s1. The lowest BCUT2D eigenvalue weighted by atomic mass is 10.1. The zero-order chi connectivity index (χ0) is 17.2. The van der Waals surface area contributed by atoms with E-state index in [4.69, 9.17) is 0 Å².